The second kappa shape index (κ2) is 6.43. The standard InChI is InChI=1S/C15H12FN3O2S2/c1-21-14(20)10-11(8-2-4-9(16)5-3-8)18-15(22)19-12(10)13-17-6-7-23-13/h2-7,12H,1H3,(H2,18,19,22). The highest BCUT2D eigenvalue weighted by atomic mass is 32.1. The molecule has 118 valence electrons. The average Bonchev–Trinajstić information content (AvgIpc) is 3.08. The fourth-order valence-electron chi connectivity index (χ4n) is 2.30. The number of aromatic nitrogens is 1. The summed E-state index contributed by atoms with van der Waals surface area (Å²) in [7, 11) is 1.31. The van der Waals surface area contributed by atoms with E-state index in [-0.39, 0.29) is 5.82 Å². The molecule has 0 saturated carbocycles. The molecule has 0 radical (unpaired) electrons. The van der Waals surface area contributed by atoms with Gasteiger partial charge in [-0.05, 0) is 42.0 Å². The quantitative estimate of drug-likeness (QED) is 0.655. The van der Waals surface area contributed by atoms with Crippen molar-refractivity contribution in [1.82, 2.24) is 15.6 Å². The summed E-state index contributed by atoms with van der Waals surface area (Å²) < 4.78 is 18.1. The molecule has 0 amide bonds. The molecule has 0 bridgehead atoms. The third-order valence-corrected chi connectivity index (χ3v) is 4.37. The normalized spacial score (nSPS) is 17.5. The number of carbonyl (C=O) groups is 1. The molecule has 2 heterocycles. The first kappa shape index (κ1) is 15.6. The molecule has 5 nitrogen and oxygen atoms in total. The lowest BCUT2D eigenvalue weighted by Crippen LogP contribution is -2.45. The van der Waals surface area contributed by atoms with Gasteiger partial charge in [0.25, 0.3) is 0 Å². The summed E-state index contributed by atoms with van der Waals surface area (Å²) >= 11 is 6.63. The number of carbonyl (C=O) groups excluding carboxylic acids is 1. The lowest BCUT2D eigenvalue weighted by atomic mass is 9.98. The van der Waals surface area contributed by atoms with Crippen molar-refractivity contribution < 1.29 is 13.9 Å². The Morgan fingerprint density at radius 1 is 1.39 bits per heavy atom. The van der Waals surface area contributed by atoms with Crippen LogP contribution in [0.4, 0.5) is 4.39 Å². The zero-order valence-electron chi connectivity index (χ0n) is 12.0. The molecule has 0 saturated heterocycles. The molecule has 1 unspecified atom stereocenters. The SMILES string of the molecule is COC(=O)C1=C(c2ccc(F)cc2)NC(=S)NC1c1nccs1. The highest BCUT2D eigenvalue weighted by Gasteiger charge is 2.34. The number of thiocarbonyl (C=S) groups is 1. The molecule has 23 heavy (non-hydrogen) atoms. The smallest absolute Gasteiger partial charge is 0.338 e. The maximum absolute atomic E-state index is 13.2. The molecule has 1 atom stereocenters. The maximum Gasteiger partial charge on any atom is 0.338 e. The van der Waals surface area contributed by atoms with E-state index in [1.807, 2.05) is 5.38 Å². The number of hydrogen-bond donors (Lipinski definition) is 2. The van der Waals surface area contributed by atoms with E-state index in [0.29, 0.717) is 27.0 Å². The lowest BCUT2D eigenvalue weighted by Gasteiger charge is -2.29. The Labute approximate surface area is 141 Å². The number of halogens is 1. The van der Waals surface area contributed by atoms with Crippen molar-refractivity contribution in [3.05, 3.63) is 57.8 Å². The minimum atomic E-state index is -0.517. The van der Waals surface area contributed by atoms with Gasteiger partial charge in [0.15, 0.2) is 5.11 Å². The topological polar surface area (TPSA) is 63.2 Å². The number of esters is 1. The number of hydrogen-bond acceptors (Lipinski definition) is 5. The van der Waals surface area contributed by atoms with E-state index in [2.05, 4.69) is 15.6 Å². The molecular formula is C15H12FN3O2S2. The van der Waals surface area contributed by atoms with E-state index in [9.17, 15) is 9.18 Å². The van der Waals surface area contributed by atoms with E-state index in [1.165, 1.54) is 30.6 Å². The molecule has 8 heteroatoms. The van der Waals surface area contributed by atoms with Gasteiger partial charge in [0.05, 0.1) is 18.4 Å². The molecule has 0 aliphatic carbocycles. The third-order valence-electron chi connectivity index (χ3n) is 3.31. The van der Waals surface area contributed by atoms with E-state index in [4.69, 9.17) is 17.0 Å². The maximum atomic E-state index is 13.2. The molecule has 2 N–H and O–H groups in total. The Hall–Kier alpha value is -2.32. The first-order valence-corrected chi connectivity index (χ1v) is 7.94. The monoisotopic (exact) mass is 349 g/mol. The van der Waals surface area contributed by atoms with E-state index >= 15 is 0 Å². The zero-order valence-corrected chi connectivity index (χ0v) is 13.6. The second-order valence-electron chi connectivity index (χ2n) is 4.69. The van der Waals surface area contributed by atoms with Crippen LogP contribution in [0.3, 0.4) is 0 Å². The highest BCUT2D eigenvalue weighted by Crippen LogP contribution is 2.32. The number of nitrogens with one attached hydrogen (secondary N) is 2. The van der Waals surface area contributed by atoms with Gasteiger partial charge in [-0.1, -0.05) is 0 Å². The van der Waals surface area contributed by atoms with Crippen LogP contribution in [0.15, 0.2) is 41.4 Å². The number of rotatable bonds is 3. The molecule has 3 rings (SSSR count). The summed E-state index contributed by atoms with van der Waals surface area (Å²) in [6, 6.07) is 5.28. The summed E-state index contributed by atoms with van der Waals surface area (Å²) in [4.78, 5) is 16.6. The van der Waals surface area contributed by atoms with Crippen LogP contribution in [0.5, 0.6) is 0 Å². The van der Waals surface area contributed by atoms with E-state index in [1.54, 1.807) is 18.3 Å². The van der Waals surface area contributed by atoms with Crippen molar-refractivity contribution in [1.29, 1.82) is 0 Å². The van der Waals surface area contributed by atoms with Crippen LogP contribution < -0.4 is 10.6 Å². The van der Waals surface area contributed by atoms with Crippen LogP contribution in [0.25, 0.3) is 5.70 Å². The zero-order chi connectivity index (χ0) is 16.4. The Bertz CT molecular complexity index is 773. The first-order chi connectivity index (χ1) is 11.1. The van der Waals surface area contributed by atoms with Crippen molar-refractivity contribution in [3.8, 4) is 0 Å². The van der Waals surface area contributed by atoms with Crippen LogP contribution in [0, 0.1) is 5.82 Å². The van der Waals surface area contributed by atoms with Gasteiger partial charge >= 0.3 is 5.97 Å². The minimum absolute atomic E-state index is 0.350. The van der Waals surface area contributed by atoms with Gasteiger partial charge in [-0.3, -0.25) is 0 Å². The third kappa shape index (κ3) is 3.08. The summed E-state index contributed by atoms with van der Waals surface area (Å²) in [5, 5.41) is 8.85. The fourth-order valence-corrected chi connectivity index (χ4v) is 3.22. The van der Waals surface area contributed by atoms with Gasteiger partial charge < -0.3 is 15.4 Å². The van der Waals surface area contributed by atoms with Crippen molar-refractivity contribution in [2.24, 2.45) is 0 Å². The Morgan fingerprint density at radius 3 is 2.74 bits per heavy atom. The lowest BCUT2D eigenvalue weighted by molar-refractivity contribution is -0.136. The van der Waals surface area contributed by atoms with E-state index in [0.717, 1.165) is 0 Å². The fraction of sp³-hybridized carbons (Fsp3) is 0.133. The second-order valence-corrected chi connectivity index (χ2v) is 6.02. The van der Waals surface area contributed by atoms with Crippen molar-refractivity contribution in [2.75, 3.05) is 7.11 Å². The molecule has 1 aromatic carbocycles. The number of methoxy groups -OCH3 is 1. The van der Waals surface area contributed by atoms with Gasteiger partial charge in [-0.15, -0.1) is 11.3 Å². The summed E-state index contributed by atoms with van der Waals surface area (Å²) in [5.41, 5.74) is 1.47. The van der Waals surface area contributed by atoms with Crippen LogP contribution >= 0.6 is 23.6 Å². The van der Waals surface area contributed by atoms with Crippen molar-refractivity contribution in [3.63, 3.8) is 0 Å². The van der Waals surface area contributed by atoms with Crippen molar-refractivity contribution in [2.45, 2.75) is 6.04 Å². The Morgan fingerprint density at radius 2 is 2.13 bits per heavy atom. The predicted octanol–water partition coefficient (Wildman–Crippen LogP) is 2.39. The number of benzene rings is 1. The molecule has 2 aromatic rings. The largest absolute Gasteiger partial charge is 0.466 e. The predicted molar refractivity (Wildman–Crippen MR) is 89.1 cm³/mol. The molecular weight excluding hydrogens is 337 g/mol. The van der Waals surface area contributed by atoms with Crippen LogP contribution in [0.1, 0.15) is 16.6 Å². The molecule has 1 aromatic heterocycles. The van der Waals surface area contributed by atoms with Crippen molar-refractivity contribution >= 4 is 40.3 Å². The Balaban J connectivity index is 2.17. The number of nitrogens with zero attached hydrogens (tertiary/aromatic N) is 1. The number of thiazole rings is 1. The summed E-state index contributed by atoms with van der Waals surface area (Å²) in [6.45, 7) is 0. The van der Waals surface area contributed by atoms with Gasteiger partial charge in [0.1, 0.15) is 16.9 Å². The highest BCUT2D eigenvalue weighted by molar-refractivity contribution is 7.80. The molecule has 0 spiro atoms. The van der Waals surface area contributed by atoms with Crippen LogP contribution in [0.2, 0.25) is 0 Å². The summed E-state index contributed by atoms with van der Waals surface area (Å²) in [5.74, 6) is -0.867. The van der Waals surface area contributed by atoms with Gasteiger partial charge in [-0.25, -0.2) is 14.2 Å². The Kier molecular flexibility index (Phi) is 4.35. The minimum Gasteiger partial charge on any atom is -0.466 e. The number of ether oxygens (including phenoxy) is 1. The van der Waals surface area contributed by atoms with E-state index < -0.39 is 12.0 Å². The van der Waals surface area contributed by atoms with Crippen LogP contribution in [-0.4, -0.2) is 23.2 Å². The molecule has 1 aliphatic heterocycles. The van der Waals surface area contributed by atoms with Gasteiger partial charge in [-0.2, -0.15) is 0 Å². The first-order valence-electron chi connectivity index (χ1n) is 6.65. The molecule has 0 fully saturated rings. The van der Waals surface area contributed by atoms with Gasteiger partial charge in [0.2, 0.25) is 0 Å². The van der Waals surface area contributed by atoms with Crippen LogP contribution in [-0.2, 0) is 9.53 Å². The molecule has 1 aliphatic rings. The van der Waals surface area contributed by atoms with Gasteiger partial charge in [0, 0.05) is 11.6 Å². The summed E-state index contributed by atoms with van der Waals surface area (Å²) in [6.07, 6.45) is 1.65. The average molecular weight is 349 g/mol.